The Balaban J connectivity index is 3.44. The fraction of sp³-hybridized carbons (Fsp3) is 0.667. The number of rotatable bonds is 4. The molecule has 1 amide bonds. The Morgan fingerprint density at radius 2 is 2.22 bits per heavy atom. The average molecular weight is 192 g/mol. The van der Waals surface area contributed by atoms with Crippen LogP contribution in [0.25, 0.3) is 0 Å². The highest BCUT2D eigenvalue weighted by Crippen LogP contribution is 2.21. The SMILES string of the molecule is O=CNOC(Cl)(Cl)CCl. The number of hydroxylamine groups is 1. The zero-order valence-electron chi connectivity index (χ0n) is 4.23. The van der Waals surface area contributed by atoms with Gasteiger partial charge in [0.25, 0.3) is 4.52 Å². The first-order chi connectivity index (χ1) is 4.12. The summed E-state index contributed by atoms with van der Waals surface area (Å²) < 4.78 is -1.54. The number of alkyl halides is 3. The third-order valence-corrected chi connectivity index (χ3v) is 1.48. The molecule has 0 aromatic heterocycles. The molecule has 0 aromatic carbocycles. The molecule has 0 fully saturated rings. The first-order valence-corrected chi connectivity index (χ1v) is 3.22. The van der Waals surface area contributed by atoms with Crippen molar-refractivity contribution in [3.8, 4) is 0 Å². The highest BCUT2D eigenvalue weighted by Gasteiger charge is 2.23. The van der Waals surface area contributed by atoms with Crippen LogP contribution in [0, 0.1) is 0 Å². The van der Waals surface area contributed by atoms with Gasteiger partial charge in [-0.15, -0.1) is 11.6 Å². The minimum Gasteiger partial charge on any atom is -0.277 e. The molecule has 3 nitrogen and oxygen atoms in total. The lowest BCUT2D eigenvalue weighted by atomic mass is 10.8. The number of carbonyl (C=O) groups is 1. The smallest absolute Gasteiger partial charge is 0.255 e. The molecule has 0 aliphatic carbocycles. The highest BCUT2D eigenvalue weighted by molar-refractivity contribution is 6.50. The van der Waals surface area contributed by atoms with Gasteiger partial charge in [0.2, 0.25) is 6.41 Å². The molecule has 0 bridgehead atoms. The second-order valence-corrected chi connectivity index (χ2v) is 2.79. The maximum absolute atomic E-state index is 9.57. The Kier molecular flexibility index (Phi) is 4.31. The van der Waals surface area contributed by atoms with Crippen LogP contribution in [-0.2, 0) is 9.63 Å². The maximum Gasteiger partial charge on any atom is 0.255 e. The second kappa shape index (κ2) is 4.17. The van der Waals surface area contributed by atoms with Crippen LogP contribution in [0.1, 0.15) is 0 Å². The predicted octanol–water partition coefficient (Wildman–Crippen LogP) is 1.03. The molecule has 54 valence electrons. The summed E-state index contributed by atoms with van der Waals surface area (Å²) in [5.74, 6) is -0.128. The lowest BCUT2D eigenvalue weighted by Crippen LogP contribution is -2.28. The fourth-order valence-electron chi connectivity index (χ4n) is 0.138. The van der Waals surface area contributed by atoms with Gasteiger partial charge in [0.1, 0.15) is 0 Å². The largest absolute Gasteiger partial charge is 0.277 e. The Labute approximate surface area is 67.2 Å². The van der Waals surface area contributed by atoms with E-state index in [1.165, 1.54) is 0 Å². The molecule has 0 aliphatic rings. The van der Waals surface area contributed by atoms with Gasteiger partial charge < -0.3 is 0 Å². The van der Waals surface area contributed by atoms with Crippen LogP contribution in [0.5, 0.6) is 0 Å². The van der Waals surface area contributed by atoms with Crippen molar-refractivity contribution >= 4 is 41.2 Å². The van der Waals surface area contributed by atoms with Crippen molar-refractivity contribution in [3.05, 3.63) is 0 Å². The zero-order chi connectivity index (χ0) is 7.33. The fourth-order valence-corrected chi connectivity index (χ4v) is 0.281. The third-order valence-electron chi connectivity index (χ3n) is 0.412. The van der Waals surface area contributed by atoms with E-state index < -0.39 is 4.52 Å². The Morgan fingerprint density at radius 1 is 1.67 bits per heavy atom. The van der Waals surface area contributed by atoms with E-state index in [1.807, 2.05) is 5.48 Å². The minimum absolute atomic E-state index is 0.128. The van der Waals surface area contributed by atoms with E-state index in [4.69, 9.17) is 34.8 Å². The molecule has 0 spiro atoms. The number of halogens is 3. The molecule has 0 aromatic rings. The summed E-state index contributed by atoms with van der Waals surface area (Å²) in [6, 6.07) is 0. The third kappa shape index (κ3) is 4.78. The van der Waals surface area contributed by atoms with Crippen molar-refractivity contribution < 1.29 is 9.63 Å². The van der Waals surface area contributed by atoms with Crippen LogP contribution < -0.4 is 5.48 Å². The van der Waals surface area contributed by atoms with Crippen molar-refractivity contribution in [2.75, 3.05) is 5.88 Å². The topological polar surface area (TPSA) is 38.3 Å². The Morgan fingerprint density at radius 3 is 2.56 bits per heavy atom. The molecule has 0 aliphatic heterocycles. The number of hydrogen-bond acceptors (Lipinski definition) is 2. The molecule has 0 heterocycles. The monoisotopic (exact) mass is 191 g/mol. The van der Waals surface area contributed by atoms with E-state index >= 15 is 0 Å². The normalized spacial score (nSPS) is 11.0. The second-order valence-electron chi connectivity index (χ2n) is 1.11. The Bertz CT molecular complexity index is 97.1. The minimum atomic E-state index is -1.54. The van der Waals surface area contributed by atoms with E-state index in [-0.39, 0.29) is 5.88 Å². The van der Waals surface area contributed by atoms with Gasteiger partial charge in [-0.05, 0) is 0 Å². The molecule has 6 heteroatoms. The summed E-state index contributed by atoms with van der Waals surface area (Å²) in [6.45, 7) is 0. The lowest BCUT2D eigenvalue weighted by Gasteiger charge is -2.13. The van der Waals surface area contributed by atoms with E-state index in [1.54, 1.807) is 0 Å². The summed E-state index contributed by atoms with van der Waals surface area (Å²) in [6.07, 6.45) is 0.298. The molecule has 9 heavy (non-hydrogen) atoms. The van der Waals surface area contributed by atoms with E-state index in [0.29, 0.717) is 6.41 Å². The van der Waals surface area contributed by atoms with Gasteiger partial charge in [0.05, 0.1) is 5.88 Å². The van der Waals surface area contributed by atoms with Gasteiger partial charge in [0.15, 0.2) is 0 Å². The van der Waals surface area contributed by atoms with Crippen LogP contribution in [0.3, 0.4) is 0 Å². The molecule has 0 atom stereocenters. The van der Waals surface area contributed by atoms with Crippen LogP contribution in [0.2, 0.25) is 0 Å². The van der Waals surface area contributed by atoms with Crippen molar-refractivity contribution in [2.24, 2.45) is 0 Å². The van der Waals surface area contributed by atoms with Crippen molar-refractivity contribution in [3.63, 3.8) is 0 Å². The van der Waals surface area contributed by atoms with Crippen LogP contribution >= 0.6 is 34.8 Å². The van der Waals surface area contributed by atoms with Gasteiger partial charge in [-0.3, -0.25) is 4.79 Å². The molecular weight excluding hydrogens is 188 g/mol. The maximum atomic E-state index is 9.57. The van der Waals surface area contributed by atoms with E-state index in [9.17, 15) is 4.79 Å². The summed E-state index contributed by atoms with van der Waals surface area (Å²) >= 11 is 15.8. The van der Waals surface area contributed by atoms with Gasteiger partial charge >= 0.3 is 0 Å². The van der Waals surface area contributed by atoms with Crippen LogP contribution in [0.15, 0.2) is 0 Å². The van der Waals surface area contributed by atoms with Crippen molar-refractivity contribution in [1.29, 1.82) is 0 Å². The van der Waals surface area contributed by atoms with E-state index in [2.05, 4.69) is 4.84 Å². The first kappa shape index (κ1) is 9.30. The van der Waals surface area contributed by atoms with Crippen molar-refractivity contribution in [2.45, 2.75) is 4.52 Å². The van der Waals surface area contributed by atoms with Gasteiger partial charge in [-0.1, -0.05) is 23.2 Å². The molecule has 0 radical (unpaired) electrons. The number of hydrogen-bond donors (Lipinski definition) is 1. The summed E-state index contributed by atoms with van der Waals surface area (Å²) in [4.78, 5) is 13.9. The molecule has 0 saturated heterocycles. The highest BCUT2D eigenvalue weighted by atomic mass is 35.5. The number of amides is 1. The lowest BCUT2D eigenvalue weighted by molar-refractivity contribution is -0.123. The standard InChI is InChI=1S/C3H4Cl3NO2/c4-1-3(5,6)9-7-2-8/h2H,1H2,(H,7,8). The predicted molar refractivity (Wildman–Crippen MR) is 35.4 cm³/mol. The number of carbonyl (C=O) groups excluding carboxylic acids is 1. The molecule has 0 saturated carbocycles. The molecule has 1 N–H and O–H groups in total. The summed E-state index contributed by atoms with van der Waals surface area (Å²) in [7, 11) is 0. The van der Waals surface area contributed by atoms with Gasteiger partial charge in [-0.25, -0.2) is 10.3 Å². The Hall–Kier alpha value is 0.300. The zero-order valence-corrected chi connectivity index (χ0v) is 6.50. The van der Waals surface area contributed by atoms with Crippen LogP contribution in [-0.4, -0.2) is 16.8 Å². The quantitative estimate of drug-likeness (QED) is 0.410. The first-order valence-electron chi connectivity index (χ1n) is 1.93. The van der Waals surface area contributed by atoms with Crippen LogP contribution in [0.4, 0.5) is 0 Å². The van der Waals surface area contributed by atoms with Crippen molar-refractivity contribution in [1.82, 2.24) is 5.48 Å². The molecular formula is C3H4Cl3NO2. The van der Waals surface area contributed by atoms with Gasteiger partial charge in [-0.2, -0.15) is 0 Å². The van der Waals surface area contributed by atoms with Gasteiger partial charge in [0, 0.05) is 0 Å². The average Bonchev–Trinajstić information content (AvgIpc) is 1.84. The van der Waals surface area contributed by atoms with E-state index in [0.717, 1.165) is 0 Å². The molecule has 0 unspecified atom stereocenters. The summed E-state index contributed by atoms with van der Waals surface area (Å²) in [5.41, 5.74) is 1.81. The summed E-state index contributed by atoms with van der Waals surface area (Å²) in [5, 5.41) is 0. The molecule has 0 rings (SSSR count). The number of nitrogens with one attached hydrogen (secondary N) is 1.